The number of pyridine rings is 1. The van der Waals surface area contributed by atoms with Gasteiger partial charge in [0.25, 0.3) is 0 Å². The average Bonchev–Trinajstić information content (AvgIpc) is 3.17. The number of carbonyl (C=O) groups is 1. The lowest BCUT2D eigenvalue weighted by Crippen LogP contribution is -2.32. The Kier molecular flexibility index (Phi) is 5.10. The van der Waals surface area contributed by atoms with E-state index < -0.39 is 0 Å². The molecule has 8 heteroatoms. The van der Waals surface area contributed by atoms with Crippen LogP contribution in [0.15, 0.2) is 36.8 Å². The molecule has 0 aliphatic rings. The van der Waals surface area contributed by atoms with Gasteiger partial charge in [0.1, 0.15) is 5.82 Å². The summed E-state index contributed by atoms with van der Waals surface area (Å²) in [5.74, 6) is 0.738. The number of aromatic nitrogens is 5. The van der Waals surface area contributed by atoms with E-state index >= 15 is 0 Å². The van der Waals surface area contributed by atoms with Crippen molar-refractivity contribution in [3.63, 3.8) is 0 Å². The van der Waals surface area contributed by atoms with Crippen LogP contribution in [0.4, 0.5) is 0 Å². The Morgan fingerprint density at radius 3 is 3.04 bits per heavy atom. The highest BCUT2D eigenvalue weighted by molar-refractivity contribution is 6.30. The summed E-state index contributed by atoms with van der Waals surface area (Å²) in [5, 5.41) is 15.9. The van der Waals surface area contributed by atoms with Crippen LogP contribution in [0.5, 0.6) is 0 Å². The number of rotatable bonds is 7. The van der Waals surface area contributed by atoms with Crippen molar-refractivity contribution in [2.24, 2.45) is 5.92 Å². The number of halogens is 1. The van der Waals surface area contributed by atoms with Crippen molar-refractivity contribution in [2.45, 2.75) is 26.3 Å². The van der Waals surface area contributed by atoms with Gasteiger partial charge in [-0.15, -0.1) is 10.2 Å². The van der Waals surface area contributed by atoms with Crippen molar-refractivity contribution < 1.29 is 4.79 Å². The van der Waals surface area contributed by atoms with E-state index in [0.717, 1.165) is 24.3 Å². The Bertz CT molecular complexity index is 827. The standard InChI is InChI=1S/C16H19ClN6O/c1-12(10-22-11-13(17)9-19-22)16(24)18-7-4-6-15-21-20-14-5-2-3-8-23(14)15/h2-3,5,8-9,11-12H,4,6-7,10H2,1H3,(H,18,24). The largest absolute Gasteiger partial charge is 0.356 e. The summed E-state index contributed by atoms with van der Waals surface area (Å²) in [5.41, 5.74) is 0.836. The van der Waals surface area contributed by atoms with Gasteiger partial charge in [-0.1, -0.05) is 24.6 Å². The fourth-order valence-corrected chi connectivity index (χ4v) is 2.65. The first kappa shape index (κ1) is 16.4. The van der Waals surface area contributed by atoms with E-state index in [9.17, 15) is 4.79 Å². The van der Waals surface area contributed by atoms with Crippen molar-refractivity contribution in [2.75, 3.05) is 6.54 Å². The second-order valence-electron chi connectivity index (χ2n) is 5.72. The average molecular weight is 347 g/mol. The molecule has 1 amide bonds. The minimum atomic E-state index is -0.171. The third-order valence-corrected chi connectivity index (χ3v) is 3.97. The van der Waals surface area contributed by atoms with Crippen LogP contribution < -0.4 is 5.32 Å². The number of nitrogens with one attached hydrogen (secondary N) is 1. The number of carbonyl (C=O) groups excluding carboxylic acids is 1. The lowest BCUT2D eigenvalue weighted by atomic mass is 10.1. The van der Waals surface area contributed by atoms with Gasteiger partial charge in [-0.25, -0.2) is 0 Å². The van der Waals surface area contributed by atoms with Crippen LogP contribution in [0.2, 0.25) is 5.02 Å². The molecule has 0 bridgehead atoms. The molecular formula is C16H19ClN6O. The summed E-state index contributed by atoms with van der Waals surface area (Å²) >= 11 is 5.82. The Morgan fingerprint density at radius 1 is 1.38 bits per heavy atom. The second-order valence-corrected chi connectivity index (χ2v) is 6.16. The molecule has 0 aliphatic heterocycles. The summed E-state index contributed by atoms with van der Waals surface area (Å²) in [6.45, 7) is 2.98. The summed E-state index contributed by atoms with van der Waals surface area (Å²) in [6, 6.07) is 5.80. The van der Waals surface area contributed by atoms with Crippen molar-refractivity contribution in [1.29, 1.82) is 0 Å². The summed E-state index contributed by atoms with van der Waals surface area (Å²) in [4.78, 5) is 12.1. The number of amides is 1. The monoisotopic (exact) mass is 346 g/mol. The lowest BCUT2D eigenvalue weighted by molar-refractivity contribution is -0.124. The normalized spacial score (nSPS) is 12.4. The van der Waals surface area contributed by atoms with E-state index in [1.54, 1.807) is 17.1 Å². The van der Waals surface area contributed by atoms with Crippen LogP contribution in [-0.4, -0.2) is 36.8 Å². The lowest BCUT2D eigenvalue weighted by Gasteiger charge is -2.12. The maximum absolute atomic E-state index is 12.1. The summed E-state index contributed by atoms with van der Waals surface area (Å²) in [6.07, 6.45) is 6.79. The molecule has 0 spiro atoms. The highest BCUT2D eigenvalue weighted by atomic mass is 35.5. The molecule has 126 valence electrons. The first-order valence-corrected chi connectivity index (χ1v) is 8.25. The zero-order valence-corrected chi connectivity index (χ0v) is 14.1. The number of hydrogen-bond donors (Lipinski definition) is 1. The predicted octanol–water partition coefficient (Wildman–Crippen LogP) is 1.96. The molecular weight excluding hydrogens is 328 g/mol. The summed E-state index contributed by atoms with van der Waals surface area (Å²) in [7, 11) is 0. The molecule has 0 fully saturated rings. The van der Waals surface area contributed by atoms with Crippen LogP contribution in [-0.2, 0) is 17.8 Å². The molecule has 1 atom stereocenters. The van der Waals surface area contributed by atoms with Gasteiger partial charge < -0.3 is 5.32 Å². The molecule has 3 aromatic rings. The first-order chi connectivity index (χ1) is 11.6. The molecule has 0 saturated carbocycles. The molecule has 1 unspecified atom stereocenters. The van der Waals surface area contributed by atoms with E-state index in [-0.39, 0.29) is 11.8 Å². The zero-order valence-electron chi connectivity index (χ0n) is 13.4. The minimum absolute atomic E-state index is 0.00715. The molecule has 24 heavy (non-hydrogen) atoms. The molecule has 0 aromatic carbocycles. The van der Waals surface area contributed by atoms with Crippen LogP contribution in [0.1, 0.15) is 19.2 Å². The van der Waals surface area contributed by atoms with Gasteiger partial charge in [-0.3, -0.25) is 13.9 Å². The van der Waals surface area contributed by atoms with Gasteiger partial charge in [0.05, 0.1) is 23.7 Å². The molecule has 3 aromatic heterocycles. The van der Waals surface area contributed by atoms with E-state index in [0.29, 0.717) is 18.1 Å². The molecule has 7 nitrogen and oxygen atoms in total. The van der Waals surface area contributed by atoms with Crippen LogP contribution in [0.3, 0.4) is 0 Å². The fraction of sp³-hybridized carbons (Fsp3) is 0.375. The molecule has 3 heterocycles. The Labute approximate surface area is 144 Å². The SMILES string of the molecule is CC(Cn1cc(Cl)cn1)C(=O)NCCCc1nnc2ccccn12. The van der Waals surface area contributed by atoms with E-state index in [2.05, 4.69) is 20.6 Å². The van der Waals surface area contributed by atoms with Crippen LogP contribution >= 0.6 is 11.6 Å². The Morgan fingerprint density at radius 2 is 2.25 bits per heavy atom. The number of aryl methyl sites for hydroxylation is 1. The van der Waals surface area contributed by atoms with Crippen molar-refractivity contribution >= 4 is 23.2 Å². The molecule has 0 saturated heterocycles. The topological polar surface area (TPSA) is 77.1 Å². The Balaban J connectivity index is 1.43. The maximum Gasteiger partial charge on any atom is 0.224 e. The third kappa shape index (κ3) is 3.91. The van der Waals surface area contributed by atoms with Crippen molar-refractivity contribution in [3.8, 4) is 0 Å². The number of nitrogens with zero attached hydrogens (tertiary/aromatic N) is 5. The molecule has 0 radical (unpaired) electrons. The van der Waals surface area contributed by atoms with Gasteiger partial charge in [0.2, 0.25) is 5.91 Å². The molecule has 1 N–H and O–H groups in total. The summed E-state index contributed by atoms with van der Waals surface area (Å²) < 4.78 is 3.64. The highest BCUT2D eigenvalue weighted by Crippen LogP contribution is 2.08. The quantitative estimate of drug-likeness (QED) is 0.663. The van der Waals surface area contributed by atoms with E-state index in [1.807, 2.05) is 35.7 Å². The van der Waals surface area contributed by atoms with Gasteiger partial charge in [-0.2, -0.15) is 5.10 Å². The predicted molar refractivity (Wildman–Crippen MR) is 90.7 cm³/mol. The third-order valence-electron chi connectivity index (χ3n) is 3.77. The van der Waals surface area contributed by atoms with E-state index in [1.165, 1.54) is 0 Å². The van der Waals surface area contributed by atoms with Crippen molar-refractivity contribution in [3.05, 3.63) is 47.6 Å². The van der Waals surface area contributed by atoms with Gasteiger partial charge in [-0.05, 0) is 18.6 Å². The van der Waals surface area contributed by atoms with Crippen LogP contribution in [0, 0.1) is 5.92 Å². The Hall–Kier alpha value is -2.41. The van der Waals surface area contributed by atoms with E-state index in [4.69, 9.17) is 11.6 Å². The molecule has 0 aliphatic carbocycles. The molecule has 3 rings (SSSR count). The first-order valence-electron chi connectivity index (χ1n) is 7.88. The number of fused-ring (bicyclic) bond motifs is 1. The maximum atomic E-state index is 12.1. The highest BCUT2D eigenvalue weighted by Gasteiger charge is 2.13. The van der Waals surface area contributed by atoms with Gasteiger partial charge >= 0.3 is 0 Å². The minimum Gasteiger partial charge on any atom is -0.356 e. The van der Waals surface area contributed by atoms with Crippen molar-refractivity contribution in [1.82, 2.24) is 29.7 Å². The second kappa shape index (κ2) is 7.44. The van der Waals surface area contributed by atoms with Crippen LogP contribution in [0.25, 0.3) is 5.65 Å². The fourth-order valence-electron chi connectivity index (χ4n) is 2.50. The number of hydrogen-bond acceptors (Lipinski definition) is 4. The van der Waals surface area contributed by atoms with Gasteiger partial charge in [0.15, 0.2) is 5.65 Å². The van der Waals surface area contributed by atoms with Gasteiger partial charge in [0, 0.05) is 25.4 Å². The zero-order chi connectivity index (χ0) is 16.9. The smallest absolute Gasteiger partial charge is 0.224 e.